The highest BCUT2D eigenvalue weighted by atomic mass is 15.2. The fraction of sp³-hybridized carbons (Fsp3) is 0.667. The minimum absolute atomic E-state index is 0.706. The second kappa shape index (κ2) is 7.12. The van der Waals surface area contributed by atoms with Crippen LogP contribution in [0, 0.1) is 11.8 Å². The van der Waals surface area contributed by atoms with Gasteiger partial charge in [0.25, 0.3) is 0 Å². The molecular weight excluding hydrogens is 244 g/mol. The van der Waals surface area contributed by atoms with Gasteiger partial charge in [-0.1, -0.05) is 45.9 Å². The third kappa shape index (κ3) is 3.76. The Kier molecular flexibility index (Phi) is 5.47. The Hall–Kier alpha value is -1.02. The molecule has 1 heterocycles. The third-order valence-electron chi connectivity index (χ3n) is 4.24. The molecule has 20 heavy (non-hydrogen) atoms. The highest BCUT2D eigenvalue weighted by Crippen LogP contribution is 2.31. The number of anilines is 1. The average Bonchev–Trinajstić information content (AvgIpc) is 2.88. The van der Waals surface area contributed by atoms with Crippen molar-refractivity contribution in [2.24, 2.45) is 11.8 Å². The monoisotopic (exact) mass is 274 g/mol. The molecule has 0 amide bonds. The normalized spacial score (nSPS) is 19.3. The van der Waals surface area contributed by atoms with E-state index in [0.29, 0.717) is 12.0 Å². The maximum absolute atomic E-state index is 3.58. The van der Waals surface area contributed by atoms with E-state index >= 15 is 0 Å². The van der Waals surface area contributed by atoms with Crippen molar-refractivity contribution in [3.63, 3.8) is 0 Å². The van der Waals surface area contributed by atoms with Crippen molar-refractivity contribution in [1.29, 1.82) is 0 Å². The van der Waals surface area contributed by atoms with E-state index in [0.717, 1.165) is 19.0 Å². The Balaban J connectivity index is 2.10. The molecule has 1 unspecified atom stereocenters. The molecule has 0 saturated carbocycles. The van der Waals surface area contributed by atoms with Gasteiger partial charge in [0.05, 0.1) is 0 Å². The van der Waals surface area contributed by atoms with Crippen LogP contribution >= 0.6 is 0 Å². The van der Waals surface area contributed by atoms with Crippen LogP contribution in [0.15, 0.2) is 24.3 Å². The van der Waals surface area contributed by atoms with Gasteiger partial charge in [-0.15, -0.1) is 0 Å². The predicted molar refractivity (Wildman–Crippen MR) is 88.2 cm³/mol. The molecule has 1 saturated heterocycles. The van der Waals surface area contributed by atoms with Crippen molar-refractivity contribution in [3.05, 3.63) is 29.8 Å². The van der Waals surface area contributed by atoms with Crippen LogP contribution in [0.25, 0.3) is 0 Å². The summed E-state index contributed by atoms with van der Waals surface area (Å²) in [5.74, 6) is 1.44. The highest BCUT2D eigenvalue weighted by Gasteiger charge is 2.28. The van der Waals surface area contributed by atoms with Gasteiger partial charge in [-0.2, -0.15) is 0 Å². The summed E-state index contributed by atoms with van der Waals surface area (Å²) in [6.45, 7) is 12.5. The van der Waals surface area contributed by atoms with E-state index in [1.165, 1.54) is 30.6 Å². The number of rotatable bonds is 6. The van der Waals surface area contributed by atoms with Crippen LogP contribution in [0.3, 0.4) is 0 Å². The number of nitrogens with one attached hydrogen (secondary N) is 1. The summed E-state index contributed by atoms with van der Waals surface area (Å²) in [5, 5.41) is 3.58. The zero-order valence-corrected chi connectivity index (χ0v) is 13.5. The molecule has 1 atom stereocenters. The maximum Gasteiger partial charge on any atom is 0.0414 e. The zero-order valence-electron chi connectivity index (χ0n) is 13.5. The van der Waals surface area contributed by atoms with Gasteiger partial charge in [-0.3, -0.25) is 0 Å². The van der Waals surface area contributed by atoms with Crippen molar-refractivity contribution < 1.29 is 0 Å². The lowest BCUT2D eigenvalue weighted by Crippen LogP contribution is -2.34. The van der Waals surface area contributed by atoms with Crippen molar-refractivity contribution >= 4 is 5.69 Å². The Labute approximate surface area is 124 Å². The average molecular weight is 274 g/mol. The molecule has 0 aliphatic carbocycles. The predicted octanol–water partition coefficient (Wildman–Crippen LogP) is 4.06. The summed E-state index contributed by atoms with van der Waals surface area (Å²) in [5.41, 5.74) is 2.89. The fourth-order valence-electron chi connectivity index (χ4n) is 3.22. The number of hydrogen-bond donors (Lipinski definition) is 1. The van der Waals surface area contributed by atoms with Crippen molar-refractivity contribution in [1.82, 2.24) is 5.32 Å². The van der Waals surface area contributed by atoms with Gasteiger partial charge in [0.1, 0.15) is 0 Å². The summed E-state index contributed by atoms with van der Waals surface area (Å²) < 4.78 is 0. The molecule has 0 radical (unpaired) electrons. The largest absolute Gasteiger partial charge is 0.368 e. The highest BCUT2D eigenvalue weighted by molar-refractivity contribution is 5.55. The van der Waals surface area contributed by atoms with E-state index in [4.69, 9.17) is 0 Å². The fourth-order valence-corrected chi connectivity index (χ4v) is 3.22. The SMILES string of the molecule is CC(C)CNCc1ccccc1N1CCCC1C(C)C. The maximum atomic E-state index is 3.58. The van der Waals surface area contributed by atoms with E-state index < -0.39 is 0 Å². The molecule has 1 fully saturated rings. The third-order valence-corrected chi connectivity index (χ3v) is 4.24. The first-order valence-corrected chi connectivity index (χ1v) is 8.15. The van der Waals surface area contributed by atoms with Gasteiger partial charge in [-0.05, 0) is 42.9 Å². The van der Waals surface area contributed by atoms with Gasteiger partial charge >= 0.3 is 0 Å². The number of nitrogens with zero attached hydrogens (tertiary/aromatic N) is 1. The first-order chi connectivity index (χ1) is 9.59. The van der Waals surface area contributed by atoms with Gasteiger partial charge < -0.3 is 10.2 Å². The van der Waals surface area contributed by atoms with E-state index in [9.17, 15) is 0 Å². The molecule has 0 aromatic heterocycles. The lowest BCUT2D eigenvalue weighted by atomic mass is 10.0. The molecule has 112 valence electrons. The smallest absolute Gasteiger partial charge is 0.0414 e. The molecule has 0 spiro atoms. The molecular formula is C18H30N2. The summed E-state index contributed by atoms with van der Waals surface area (Å²) in [6, 6.07) is 9.62. The molecule has 1 aromatic rings. The van der Waals surface area contributed by atoms with Crippen LogP contribution in [0.1, 0.15) is 46.1 Å². The summed E-state index contributed by atoms with van der Waals surface area (Å²) in [4.78, 5) is 2.64. The summed E-state index contributed by atoms with van der Waals surface area (Å²) in [6.07, 6.45) is 2.67. The van der Waals surface area contributed by atoms with E-state index in [2.05, 4.69) is 62.2 Å². The van der Waals surface area contributed by atoms with Gasteiger partial charge in [-0.25, -0.2) is 0 Å². The van der Waals surface area contributed by atoms with Crippen LogP contribution in [-0.4, -0.2) is 19.1 Å². The van der Waals surface area contributed by atoms with Crippen LogP contribution in [0.4, 0.5) is 5.69 Å². The molecule has 1 aromatic carbocycles. The van der Waals surface area contributed by atoms with Crippen molar-refractivity contribution in [2.75, 3.05) is 18.0 Å². The molecule has 2 nitrogen and oxygen atoms in total. The molecule has 2 rings (SSSR count). The first kappa shape index (κ1) is 15.4. The lowest BCUT2D eigenvalue weighted by molar-refractivity contribution is 0.490. The minimum atomic E-state index is 0.706. The Morgan fingerprint density at radius 2 is 1.95 bits per heavy atom. The van der Waals surface area contributed by atoms with Crippen LogP contribution in [-0.2, 0) is 6.54 Å². The molecule has 0 bridgehead atoms. The van der Waals surface area contributed by atoms with E-state index in [-0.39, 0.29) is 0 Å². The molecule has 1 N–H and O–H groups in total. The first-order valence-electron chi connectivity index (χ1n) is 8.15. The molecule has 1 aliphatic rings. The van der Waals surface area contributed by atoms with Crippen LogP contribution < -0.4 is 10.2 Å². The number of para-hydroxylation sites is 1. The Morgan fingerprint density at radius 1 is 1.20 bits per heavy atom. The summed E-state index contributed by atoms with van der Waals surface area (Å²) in [7, 11) is 0. The number of hydrogen-bond acceptors (Lipinski definition) is 2. The zero-order chi connectivity index (χ0) is 14.5. The second-order valence-corrected chi connectivity index (χ2v) is 6.80. The Bertz CT molecular complexity index is 412. The van der Waals surface area contributed by atoms with Gasteiger partial charge in [0.2, 0.25) is 0 Å². The second-order valence-electron chi connectivity index (χ2n) is 6.80. The molecule has 1 aliphatic heterocycles. The van der Waals surface area contributed by atoms with E-state index in [1.807, 2.05) is 0 Å². The topological polar surface area (TPSA) is 15.3 Å². The Morgan fingerprint density at radius 3 is 2.65 bits per heavy atom. The quantitative estimate of drug-likeness (QED) is 0.841. The van der Waals surface area contributed by atoms with E-state index in [1.54, 1.807) is 0 Å². The number of benzene rings is 1. The molecule has 2 heteroatoms. The lowest BCUT2D eigenvalue weighted by Gasteiger charge is -2.31. The van der Waals surface area contributed by atoms with Gasteiger partial charge in [0.15, 0.2) is 0 Å². The minimum Gasteiger partial charge on any atom is -0.368 e. The van der Waals surface area contributed by atoms with Crippen molar-refractivity contribution in [3.8, 4) is 0 Å². The summed E-state index contributed by atoms with van der Waals surface area (Å²) >= 11 is 0. The van der Waals surface area contributed by atoms with Crippen LogP contribution in [0.2, 0.25) is 0 Å². The van der Waals surface area contributed by atoms with Crippen LogP contribution in [0.5, 0.6) is 0 Å². The standard InChI is InChI=1S/C18H30N2/c1-14(2)12-19-13-16-8-5-6-9-18(16)20-11-7-10-17(20)15(3)4/h5-6,8-9,14-15,17,19H,7,10-13H2,1-4H3. The van der Waals surface area contributed by atoms with Crippen molar-refractivity contribution in [2.45, 2.75) is 53.1 Å². The van der Waals surface area contributed by atoms with Gasteiger partial charge in [0, 0.05) is 24.8 Å².